The molecule has 0 heterocycles. The Bertz CT molecular complexity index is 1330. The monoisotopic (exact) mass is 961 g/mol. The van der Waals surface area contributed by atoms with Crippen molar-refractivity contribution >= 4 is 17.9 Å². The lowest BCUT2D eigenvalue weighted by molar-refractivity contribution is -0.167. The molecule has 0 saturated carbocycles. The number of unbranched alkanes of at least 4 members (excludes halogenated alkanes) is 27. The van der Waals surface area contributed by atoms with Crippen LogP contribution in [0.15, 0.2) is 85.1 Å². The van der Waals surface area contributed by atoms with Crippen molar-refractivity contribution in [2.24, 2.45) is 0 Å². The second-order valence-electron chi connectivity index (χ2n) is 19.1. The molecule has 0 amide bonds. The van der Waals surface area contributed by atoms with Crippen LogP contribution in [-0.4, -0.2) is 37.2 Å². The minimum absolute atomic E-state index is 0.0885. The summed E-state index contributed by atoms with van der Waals surface area (Å²) in [5.74, 6) is -0.917. The van der Waals surface area contributed by atoms with Crippen molar-refractivity contribution in [2.45, 2.75) is 284 Å². The summed E-state index contributed by atoms with van der Waals surface area (Å²) in [5, 5.41) is 0. The van der Waals surface area contributed by atoms with Gasteiger partial charge in [-0.1, -0.05) is 254 Å². The van der Waals surface area contributed by atoms with Gasteiger partial charge >= 0.3 is 17.9 Å². The Morgan fingerprint density at radius 1 is 0.304 bits per heavy atom. The summed E-state index contributed by atoms with van der Waals surface area (Å²) >= 11 is 0. The molecule has 69 heavy (non-hydrogen) atoms. The molecular formula is C63H108O6. The zero-order chi connectivity index (χ0) is 50.0. The molecular weight excluding hydrogens is 853 g/mol. The van der Waals surface area contributed by atoms with Gasteiger partial charge in [-0.15, -0.1) is 0 Å². The van der Waals surface area contributed by atoms with Crippen LogP contribution in [0.25, 0.3) is 0 Å². The average Bonchev–Trinajstić information content (AvgIpc) is 3.35. The summed E-state index contributed by atoms with van der Waals surface area (Å²) in [7, 11) is 0. The Labute approximate surface area is 426 Å². The first-order valence-electron chi connectivity index (χ1n) is 29.1. The van der Waals surface area contributed by atoms with E-state index in [2.05, 4.69) is 106 Å². The molecule has 0 fully saturated rings. The van der Waals surface area contributed by atoms with Crippen molar-refractivity contribution in [1.82, 2.24) is 0 Å². The Kier molecular flexibility index (Phi) is 54.3. The lowest BCUT2D eigenvalue weighted by Crippen LogP contribution is -2.30. The van der Waals surface area contributed by atoms with Crippen LogP contribution in [0.3, 0.4) is 0 Å². The summed E-state index contributed by atoms with van der Waals surface area (Å²) in [4.78, 5) is 38.2. The normalized spacial score (nSPS) is 12.7. The van der Waals surface area contributed by atoms with Crippen LogP contribution in [0.4, 0.5) is 0 Å². The fraction of sp³-hybridized carbons (Fsp3) is 0.730. The van der Waals surface area contributed by atoms with Gasteiger partial charge in [0, 0.05) is 19.3 Å². The Morgan fingerprint density at radius 3 is 0.899 bits per heavy atom. The topological polar surface area (TPSA) is 78.9 Å². The molecule has 1 atom stereocenters. The molecule has 0 bridgehead atoms. The van der Waals surface area contributed by atoms with Gasteiger partial charge in [-0.3, -0.25) is 14.4 Å². The van der Waals surface area contributed by atoms with E-state index < -0.39 is 6.10 Å². The Morgan fingerprint density at radius 2 is 0.565 bits per heavy atom. The molecule has 0 aromatic rings. The number of carbonyl (C=O) groups is 3. The largest absolute Gasteiger partial charge is 0.462 e. The van der Waals surface area contributed by atoms with Gasteiger partial charge in [0.2, 0.25) is 0 Å². The van der Waals surface area contributed by atoms with Crippen molar-refractivity contribution in [3.05, 3.63) is 85.1 Å². The Balaban J connectivity index is 4.38. The first-order valence-corrected chi connectivity index (χ1v) is 29.1. The summed E-state index contributed by atoms with van der Waals surface area (Å²) in [6.45, 7) is 6.40. The fourth-order valence-corrected chi connectivity index (χ4v) is 8.10. The molecule has 6 nitrogen and oxygen atoms in total. The van der Waals surface area contributed by atoms with Crippen molar-refractivity contribution in [3.8, 4) is 0 Å². The van der Waals surface area contributed by atoms with Crippen molar-refractivity contribution in [3.63, 3.8) is 0 Å². The zero-order valence-corrected chi connectivity index (χ0v) is 45.3. The van der Waals surface area contributed by atoms with Gasteiger partial charge in [0.25, 0.3) is 0 Å². The van der Waals surface area contributed by atoms with E-state index >= 15 is 0 Å². The second kappa shape index (κ2) is 57.2. The average molecular weight is 962 g/mol. The van der Waals surface area contributed by atoms with Gasteiger partial charge in [-0.25, -0.2) is 0 Å². The fourth-order valence-electron chi connectivity index (χ4n) is 8.10. The molecule has 0 saturated heterocycles. The molecule has 0 spiro atoms. The summed E-state index contributed by atoms with van der Waals surface area (Å²) in [6, 6.07) is 0. The number of ether oxygens (including phenoxy) is 3. The maximum Gasteiger partial charge on any atom is 0.306 e. The van der Waals surface area contributed by atoms with E-state index in [0.29, 0.717) is 19.3 Å². The van der Waals surface area contributed by atoms with Gasteiger partial charge in [0.15, 0.2) is 6.10 Å². The van der Waals surface area contributed by atoms with Crippen LogP contribution in [-0.2, 0) is 28.6 Å². The van der Waals surface area contributed by atoms with Gasteiger partial charge in [0.1, 0.15) is 13.2 Å². The number of rotatable bonds is 52. The van der Waals surface area contributed by atoms with Crippen LogP contribution >= 0.6 is 0 Å². The van der Waals surface area contributed by atoms with E-state index in [1.807, 2.05) is 0 Å². The van der Waals surface area contributed by atoms with Crippen LogP contribution in [0.5, 0.6) is 0 Å². The molecule has 0 aliphatic carbocycles. The van der Waals surface area contributed by atoms with Crippen molar-refractivity contribution in [1.29, 1.82) is 0 Å². The van der Waals surface area contributed by atoms with Crippen LogP contribution in [0, 0.1) is 0 Å². The molecule has 0 aliphatic heterocycles. The molecule has 6 heteroatoms. The van der Waals surface area contributed by atoms with E-state index in [1.54, 1.807) is 0 Å². The molecule has 0 radical (unpaired) electrons. The predicted octanol–water partition coefficient (Wildman–Crippen LogP) is 19.5. The number of esters is 3. The van der Waals surface area contributed by atoms with Gasteiger partial charge < -0.3 is 14.2 Å². The predicted molar refractivity (Wildman–Crippen MR) is 297 cm³/mol. The molecule has 396 valence electrons. The van der Waals surface area contributed by atoms with E-state index in [9.17, 15) is 14.4 Å². The maximum absolute atomic E-state index is 12.9. The highest BCUT2D eigenvalue weighted by Crippen LogP contribution is 2.16. The van der Waals surface area contributed by atoms with Gasteiger partial charge in [-0.05, 0) is 89.9 Å². The lowest BCUT2D eigenvalue weighted by Gasteiger charge is -2.18. The summed E-state index contributed by atoms with van der Waals surface area (Å²) in [5.41, 5.74) is 0. The van der Waals surface area contributed by atoms with Crippen molar-refractivity contribution in [2.75, 3.05) is 13.2 Å². The maximum atomic E-state index is 12.9. The first-order chi connectivity index (χ1) is 34.0. The summed E-state index contributed by atoms with van der Waals surface area (Å²) in [6.07, 6.45) is 74.3. The van der Waals surface area contributed by atoms with Crippen LogP contribution in [0.2, 0.25) is 0 Å². The third-order valence-electron chi connectivity index (χ3n) is 12.4. The zero-order valence-electron chi connectivity index (χ0n) is 45.3. The summed E-state index contributed by atoms with van der Waals surface area (Å²) < 4.78 is 16.8. The minimum atomic E-state index is -0.791. The standard InChI is InChI=1S/C63H108O6/c1-4-7-10-13-16-19-22-25-27-29-30-31-32-34-35-38-41-44-47-50-53-56-62(65)68-59-60(58-67-61(64)55-52-49-46-43-40-37-24-21-18-15-12-9-6-3)69-63(66)57-54-51-48-45-42-39-36-33-28-26-23-20-17-14-11-8-5-2/h7,9-10,12,16,18-19,21,25,27,30-31,37,40,60H,4-6,8,11,13-15,17,20,22-24,26,28-29,32-36,38-39,41-59H2,1-3H3/b10-7-,12-9-,19-16-,21-18-,27-25-,31-30-,40-37-. The smallest absolute Gasteiger partial charge is 0.306 e. The van der Waals surface area contributed by atoms with E-state index in [1.165, 1.54) is 122 Å². The highest BCUT2D eigenvalue weighted by atomic mass is 16.6. The molecule has 0 N–H and O–H groups in total. The third-order valence-corrected chi connectivity index (χ3v) is 12.4. The molecule has 1 unspecified atom stereocenters. The quantitative estimate of drug-likeness (QED) is 0.0262. The van der Waals surface area contributed by atoms with Crippen molar-refractivity contribution < 1.29 is 28.6 Å². The minimum Gasteiger partial charge on any atom is -0.462 e. The molecule has 0 rings (SSSR count). The number of hydrogen-bond acceptors (Lipinski definition) is 6. The first kappa shape index (κ1) is 65.6. The lowest BCUT2D eigenvalue weighted by atomic mass is 10.0. The molecule has 0 aromatic heterocycles. The van der Waals surface area contributed by atoms with Crippen LogP contribution in [0.1, 0.15) is 278 Å². The molecule has 0 aliphatic rings. The van der Waals surface area contributed by atoms with E-state index in [-0.39, 0.29) is 31.1 Å². The Hall–Kier alpha value is -3.41. The number of hydrogen-bond donors (Lipinski definition) is 0. The molecule has 0 aromatic carbocycles. The number of carbonyl (C=O) groups excluding carboxylic acids is 3. The highest BCUT2D eigenvalue weighted by molar-refractivity contribution is 5.71. The van der Waals surface area contributed by atoms with E-state index in [4.69, 9.17) is 14.2 Å². The highest BCUT2D eigenvalue weighted by Gasteiger charge is 2.19. The number of allylic oxidation sites excluding steroid dienone is 14. The van der Waals surface area contributed by atoms with Crippen LogP contribution < -0.4 is 0 Å². The van der Waals surface area contributed by atoms with E-state index in [0.717, 1.165) is 116 Å². The SMILES string of the molecule is CC/C=C\C/C=C\C/C=C\C/C=C\CCCCCCCCCCC(=O)OCC(COC(=O)CCCCC/C=C\C/C=C\C/C=C\CC)OC(=O)CCCCCCCCCCCCCCCCCCC. The van der Waals surface area contributed by atoms with Gasteiger partial charge in [-0.2, -0.15) is 0 Å². The third kappa shape index (κ3) is 55.4. The van der Waals surface area contributed by atoms with Gasteiger partial charge in [0.05, 0.1) is 0 Å². The second-order valence-corrected chi connectivity index (χ2v) is 19.1.